The molecule has 0 spiro atoms. The lowest BCUT2D eigenvalue weighted by Gasteiger charge is -2.36. The van der Waals surface area contributed by atoms with Crippen LogP contribution in [0.1, 0.15) is 35.0 Å². The number of aromatic nitrogens is 2. The van der Waals surface area contributed by atoms with Gasteiger partial charge < -0.3 is 9.32 Å². The molecular weight excluding hydrogens is 392 g/mol. The molecule has 2 aromatic heterocycles. The quantitative estimate of drug-likeness (QED) is 0.585. The minimum absolute atomic E-state index is 0.0105. The van der Waals surface area contributed by atoms with Gasteiger partial charge >= 0.3 is 0 Å². The molecular formula is C20H24N4O2S2. The van der Waals surface area contributed by atoms with Gasteiger partial charge in [0, 0.05) is 48.9 Å². The maximum Gasteiger partial charge on any atom is 0.290 e. The van der Waals surface area contributed by atoms with E-state index in [1.807, 2.05) is 36.1 Å². The van der Waals surface area contributed by atoms with Crippen LogP contribution >= 0.6 is 23.1 Å². The van der Waals surface area contributed by atoms with Gasteiger partial charge in [-0.1, -0.05) is 41.3 Å². The van der Waals surface area contributed by atoms with Gasteiger partial charge in [0.05, 0.1) is 0 Å². The van der Waals surface area contributed by atoms with Gasteiger partial charge in [-0.25, -0.2) is 0 Å². The minimum atomic E-state index is -0.0105. The van der Waals surface area contributed by atoms with Crippen LogP contribution in [-0.2, 0) is 5.75 Å². The maximum absolute atomic E-state index is 13.3. The molecule has 6 nitrogen and oxygen atoms in total. The summed E-state index contributed by atoms with van der Waals surface area (Å²) in [5.41, 5.74) is 1.71. The number of carbonyl (C=O) groups is 1. The zero-order chi connectivity index (χ0) is 19.7. The molecule has 0 radical (unpaired) electrons. The number of nitrogens with zero attached hydrogens (tertiary/aromatic N) is 4. The molecule has 0 N–H and O–H groups in total. The average molecular weight is 417 g/mol. The number of thioether (sulfide) groups is 1. The van der Waals surface area contributed by atoms with E-state index in [4.69, 9.17) is 4.42 Å². The summed E-state index contributed by atoms with van der Waals surface area (Å²) in [5, 5.41) is 10.2. The summed E-state index contributed by atoms with van der Waals surface area (Å²) in [5.74, 6) is 1.09. The van der Waals surface area contributed by atoms with Crippen LogP contribution in [0, 0.1) is 6.92 Å². The molecule has 0 aliphatic carbocycles. The largest absolute Gasteiger partial charge is 0.451 e. The van der Waals surface area contributed by atoms with Crippen LogP contribution in [-0.4, -0.2) is 58.1 Å². The highest BCUT2D eigenvalue weighted by Gasteiger charge is 2.28. The van der Waals surface area contributed by atoms with Gasteiger partial charge in [0.2, 0.25) is 0 Å². The lowest BCUT2D eigenvalue weighted by atomic mass is 10.1. The Balaban J connectivity index is 1.58. The molecule has 0 saturated carbocycles. The first-order chi connectivity index (χ1) is 13.5. The van der Waals surface area contributed by atoms with Crippen molar-refractivity contribution in [1.29, 1.82) is 0 Å². The van der Waals surface area contributed by atoms with Crippen LogP contribution < -0.4 is 0 Å². The topological polar surface area (TPSA) is 62.5 Å². The van der Waals surface area contributed by atoms with Crippen LogP contribution in [0.3, 0.4) is 0 Å². The molecule has 1 amide bonds. The first kappa shape index (κ1) is 19.4. The van der Waals surface area contributed by atoms with Crippen LogP contribution in [0.5, 0.6) is 0 Å². The summed E-state index contributed by atoms with van der Waals surface area (Å²) in [6, 6.07) is 8.37. The van der Waals surface area contributed by atoms with E-state index in [2.05, 4.69) is 28.9 Å². The Kier molecular flexibility index (Phi) is 5.70. The molecule has 1 aliphatic heterocycles. The number of piperazine rings is 1. The van der Waals surface area contributed by atoms with E-state index in [1.54, 1.807) is 23.1 Å². The fourth-order valence-electron chi connectivity index (χ4n) is 3.47. The number of carbonyl (C=O) groups excluding carboxylic acids is 1. The third-order valence-corrected chi connectivity index (χ3v) is 7.07. The standard InChI is InChI=1S/C20H24N4O2S2/c1-13(2)23-8-10-24(11-9-23)19(25)18-16(12-27-20-22-21-14(3)28-20)15-6-4-5-7-17(15)26-18/h4-7,13H,8-12H2,1-3H3. The maximum atomic E-state index is 13.3. The van der Waals surface area contributed by atoms with Gasteiger partial charge in [0.1, 0.15) is 10.6 Å². The van der Waals surface area contributed by atoms with Crippen molar-refractivity contribution in [2.75, 3.05) is 26.2 Å². The Morgan fingerprint density at radius 1 is 1.21 bits per heavy atom. The molecule has 8 heteroatoms. The number of benzene rings is 1. The van der Waals surface area contributed by atoms with Gasteiger partial charge in [0.25, 0.3) is 5.91 Å². The van der Waals surface area contributed by atoms with Crippen molar-refractivity contribution in [3.8, 4) is 0 Å². The first-order valence-corrected chi connectivity index (χ1v) is 11.3. The zero-order valence-electron chi connectivity index (χ0n) is 16.3. The fraction of sp³-hybridized carbons (Fsp3) is 0.450. The summed E-state index contributed by atoms with van der Waals surface area (Å²) in [6.45, 7) is 9.60. The number of aryl methyl sites for hydroxylation is 1. The molecule has 0 unspecified atom stereocenters. The minimum Gasteiger partial charge on any atom is -0.451 e. The van der Waals surface area contributed by atoms with Gasteiger partial charge in [-0.15, -0.1) is 10.2 Å². The normalized spacial score (nSPS) is 15.6. The molecule has 3 heterocycles. The second kappa shape index (κ2) is 8.23. The molecule has 0 bridgehead atoms. The van der Waals surface area contributed by atoms with Crippen LogP contribution in [0.15, 0.2) is 33.0 Å². The molecule has 0 atom stereocenters. The first-order valence-electron chi connectivity index (χ1n) is 9.49. The molecule has 148 valence electrons. The van der Waals surface area contributed by atoms with E-state index in [9.17, 15) is 4.79 Å². The van der Waals surface area contributed by atoms with E-state index >= 15 is 0 Å². The third kappa shape index (κ3) is 3.94. The number of furan rings is 1. The second-order valence-electron chi connectivity index (χ2n) is 7.20. The SMILES string of the molecule is Cc1nnc(SCc2c(C(=O)N3CCN(C(C)C)CC3)oc3ccccc23)s1. The lowest BCUT2D eigenvalue weighted by Crippen LogP contribution is -2.50. The van der Waals surface area contributed by atoms with Crippen molar-refractivity contribution in [3.63, 3.8) is 0 Å². The summed E-state index contributed by atoms with van der Waals surface area (Å²) in [4.78, 5) is 17.6. The smallest absolute Gasteiger partial charge is 0.290 e. The molecule has 1 fully saturated rings. The van der Waals surface area contributed by atoms with Gasteiger partial charge in [0.15, 0.2) is 10.1 Å². The number of rotatable bonds is 5. The van der Waals surface area contributed by atoms with Gasteiger partial charge in [-0.05, 0) is 26.8 Å². The highest BCUT2D eigenvalue weighted by molar-refractivity contribution is 8.00. The van der Waals surface area contributed by atoms with Crippen LogP contribution in [0.2, 0.25) is 0 Å². The molecule has 1 saturated heterocycles. The monoisotopic (exact) mass is 416 g/mol. The fourth-order valence-corrected chi connectivity index (χ4v) is 5.31. The van der Waals surface area contributed by atoms with Crippen molar-refractivity contribution in [1.82, 2.24) is 20.0 Å². The Bertz CT molecular complexity index is 974. The molecule has 3 aromatic rings. The van der Waals surface area contributed by atoms with Crippen molar-refractivity contribution in [2.24, 2.45) is 0 Å². The summed E-state index contributed by atoms with van der Waals surface area (Å²) >= 11 is 3.17. The number of para-hydroxylation sites is 1. The molecule has 1 aromatic carbocycles. The third-order valence-electron chi connectivity index (χ3n) is 5.07. The average Bonchev–Trinajstić information content (AvgIpc) is 3.29. The van der Waals surface area contributed by atoms with Gasteiger partial charge in [-0.3, -0.25) is 9.69 Å². The predicted molar refractivity (Wildman–Crippen MR) is 113 cm³/mol. The van der Waals surface area contributed by atoms with E-state index in [-0.39, 0.29) is 5.91 Å². The molecule has 4 rings (SSSR count). The van der Waals surface area contributed by atoms with Crippen molar-refractivity contribution in [2.45, 2.75) is 36.9 Å². The zero-order valence-corrected chi connectivity index (χ0v) is 18.0. The highest BCUT2D eigenvalue weighted by Crippen LogP contribution is 2.33. The lowest BCUT2D eigenvalue weighted by molar-refractivity contribution is 0.0567. The summed E-state index contributed by atoms with van der Waals surface area (Å²) in [7, 11) is 0. The van der Waals surface area contributed by atoms with E-state index in [0.717, 1.165) is 52.1 Å². The Morgan fingerprint density at radius 3 is 2.64 bits per heavy atom. The molecule has 1 aliphatic rings. The number of amides is 1. The summed E-state index contributed by atoms with van der Waals surface area (Å²) in [6.07, 6.45) is 0. The number of fused-ring (bicyclic) bond motifs is 1. The van der Waals surface area contributed by atoms with Crippen molar-refractivity contribution >= 4 is 40.0 Å². The summed E-state index contributed by atoms with van der Waals surface area (Å²) < 4.78 is 6.94. The number of hydrogen-bond acceptors (Lipinski definition) is 7. The Labute approximate surface area is 172 Å². The Hall–Kier alpha value is -1.90. The van der Waals surface area contributed by atoms with E-state index < -0.39 is 0 Å². The Morgan fingerprint density at radius 2 is 1.96 bits per heavy atom. The van der Waals surface area contributed by atoms with Gasteiger partial charge in [-0.2, -0.15) is 0 Å². The van der Waals surface area contributed by atoms with Crippen LogP contribution in [0.25, 0.3) is 11.0 Å². The highest BCUT2D eigenvalue weighted by atomic mass is 32.2. The van der Waals surface area contributed by atoms with Crippen molar-refractivity contribution in [3.05, 3.63) is 40.6 Å². The molecule has 28 heavy (non-hydrogen) atoms. The number of hydrogen-bond donors (Lipinski definition) is 0. The van der Waals surface area contributed by atoms with Crippen LogP contribution in [0.4, 0.5) is 0 Å². The van der Waals surface area contributed by atoms with Crippen molar-refractivity contribution < 1.29 is 9.21 Å². The predicted octanol–water partition coefficient (Wildman–Crippen LogP) is 4.05. The second-order valence-corrected chi connectivity index (χ2v) is 9.61. The van der Waals surface area contributed by atoms with E-state index in [1.165, 1.54) is 0 Å². The van der Waals surface area contributed by atoms with E-state index in [0.29, 0.717) is 17.6 Å².